The maximum absolute atomic E-state index is 11.7. The highest BCUT2D eigenvalue weighted by Crippen LogP contribution is 2.37. The van der Waals surface area contributed by atoms with E-state index in [9.17, 15) is 13.5 Å². The van der Waals surface area contributed by atoms with Crippen molar-refractivity contribution in [3.8, 4) is 16.9 Å². The Morgan fingerprint density at radius 3 is 2.30 bits per heavy atom. The number of aliphatic hydroxyl groups is 1. The first kappa shape index (κ1) is 21.3. The van der Waals surface area contributed by atoms with Crippen LogP contribution in [-0.4, -0.2) is 56.0 Å². The number of rotatable bonds is 5. The van der Waals surface area contributed by atoms with E-state index in [-0.39, 0.29) is 6.10 Å². The highest BCUT2D eigenvalue weighted by molar-refractivity contribution is 7.90. The summed E-state index contributed by atoms with van der Waals surface area (Å²) in [5, 5.41) is 10.0. The summed E-state index contributed by atoms with van der Waals surface area (Å²) in [6.45, 7) is 6.45. The molecule has 0 saturated carbocycles. The van der Waals surface area contributed by atoms with E-state index in [4.69, 9.17) is 4.74 Å². The first-order valence-corrected chi connectivity index (χ1v) is 12.5. The van der Waals surface area contributed by atoms with Gasteiger partial charge in [0.05, 0.1) is 10.5 Å². The fourth-order valence-corrected chi connectivity index (χ4v) is 5.27. The zero-order valence-corrected chi connectivity index (χ0v) is 18.8. The second-order valence-corrected chi connectivity index (χ2v) is 11.4. The van der Waals surface area contributed by atoms with Gasteiger partial charge in [0, 0.05) is 19.2 Å². The number of piperidine rings is 1. The highest BCUT2D eigenvalue weighted by Gasteiger charge is 2.33. The van der Waals surface area contributed by atoms with Crippen LogP contribution in [0, 0.1) is 5.92 Å². The Bertz CT molecular complexity index is 1000. The number of hydrogen-bond donors (Lipinski definition) is 1. The molecule has 2 aliphatic heterocycles. The molecule has 2 aromatic carbocycles. The van der Waals surface area contributed by atoms with E-state index < -0.39 is 15.4 Å². The van der Waals surface area contributed by atoms with Crippen LogP contribution in [0.4, 0.5) is 0 Å². The van der Waals surface area contributed by atoms with Gasteiger partial charge in [-0.2, -0.15) is 0 Å². The fraction of sp³-hybridized carbons (Fsp3) is 0.500. The number of sulfone groups is 1. The molecular formula is C24H31NO4S. The average Bonchev–Trinajstić information content (AvgIpc) is 3.10. The van der Waals surface area contributed by atoms with Crippen molar-refractivity contribution in [1.29, 1.82) is 0 Å². The Hall–Kier alpha value is -1.89. The van der Waals surface area contributed by atoms with E-state index in [1.165, 1.54) is 11.8 Å². The second kappa shape index (κ2) is 7.98. The smallest absolute Gasteiger partial charge is 0.175 e. The molecule has 1 N–H and O–H groups in total. The summed E-state index contributed by atoms with van der Waals surface area (Å²) in [5.74, 6) is 1.50. The molecule has 0 bridgehead atoms. The van der Waals surface area contributed by atoms with Crippen LogP contribution in [0.2, 0.25) is 0 Å². The van der Waals surface area contributed by atoms with E-state index in [2.05, 4.69) is 11.0 Å². The molecule has 0 radical (unpaired) electrons. The molecule has 30 heavy (non-hydrogen) atoms. The summed E-state index contributed by atoms with van der Waals surface area (Å²) >= 11 is 0. The fourth-order valence-electron chi connectivity index (χ4n) is 4.64. The first-order valence-electron chi connectivity index (χ1n) is 10.6. The largest absolute Gasteiger partial charge is 0.490 e. The second-order valence-electron chi connectivity index (χ2n) is 9.41. The Kier molecular flexibility index (Phi) is 5.68. The van der Waals surface area contributed by atoms with Crippen LogP contribution in [0.1, 0.15) is 32.3 Å². The lowest BCUT2D eigenvalue weighted by Gasteiger charge is -2.36. The molecule has 2 aromatic rings. The summed E-state index contributed by atoms with van der Waals surface area (Å²) in [4.78, 5) is 2.68. The van der Waals surface area contributed by atoms with Crippen LogP contribution in [0.15, 0.2) is 47.4 Å². The van der Waals surface area contributed by atoms with Gasteiger partial charge in [-0.25, -0.2) is 8.42 Å². The van der Waals surface area contributed by atoms with Gasteiger partial charge in [0.1, 0.15) is 11.9 Å². The van der Waals surface area contributed by atoms with Crippen LogP contribution in [0.5, 0.6) is 5.75 Å². The Morgan fingerprint density at radius 1 is 1.07 bits per heavy atom. The molecular weight excluding hydrogens is 398 g/mol. The zero-order valence-electron chi connectivity index (χ0n) is 18.0. The Morgan fingerprint density at radius 2 is 1.70 bits per heavy atom. The molecule has 1 atom stereocenters. The number of β-amino-alcohol motifs (C(OH)–C–C–N with tert-alkyl or cyclic N) is 1. The molecule has 2 aliphatic rings. The Labute approximate surface area is 179 Å². The lowest BCUT2D eigenvalue weighted by atomic mass is 9.88. The maximum Gasteiger partial charge on any atom is 0.175 e. The molecule has 162 valence electrons. The van der Waals surface area contributed by atoms with E-state index in [0.29, 0.717) is 17.4 Å². The van der Waals surface area contributed by atoms with Gasteiger partial charge >= 0.3 is 0 Å². The standard InChI is InChI=1S/C24H31NO4S/c1-24(2,26)16-25-12-10-18(11-13-25)23-15-20-14-19(6-9-22(20)29-23)17-4-7-21(8-5-17)30(3,27)28/h4-9,14,18,23,26H,10-13,15-16H2,1-3H3. The summed E-state index contributed by atoms with van der Waals surface area (Å²) in [5.41, 5.74) is 2.67. The van der Waals surface area contributed by atoms with Crippen LogP contribution in [0.3, 0.4) is 0 Å². The predicted molar refractivity (Wildman–Crippen MR) is 119 cm³/mol. The lowest BCUT2D eigenvalue weighted by molar-refractivity contribution is 0.0143. The molecule has 1 unspecified atom stereocenters. The van der Waals surface area contributed by atoms with Crippen LogP contribution in [-0.2, 0) is 16.3 Å². The number of likely N-dealkylation sites (tertiary alicyclic amines) is 1. The molecule has 0 aliphatic carbocycles. The topological polar surface area (TPSA) is 66.8 Å². The van der Waals surface area contributed by atoms with Gasteiger partial charge in [-0.1, -0.05) is 18.2 Å². The number of benzene rings is 2. The minimum absolute atomic E-state index is 0.215. The monoisotopic (exact) mass is 429 g/mol. The number of ether oxygens (including phenoxy) is 1. The summed E-state index contributed by atoms with van der Waals surface area (Å²) in [6.07, 6.45) is 4.54. The molecule has 0 amide bonds. The number of hydrogen-bond acceptors (Lipinski definition) is 5. The molecule has 5 nitrogen and oxygen atoms in total. The van der Waals surface area contributed by atoms with E-state index in [1.807, 2.05) is 38.1 Å². The van der Waals surface area contributed by atoms with Gasteiger partial charge in [0.2, 0.25) is 0 Å². The number of fused-ring (bicyclic) bond motifs is 1. The molecule has 6 heteroatoms. The quantitative estimate of drug-likeness (QED) is 0.787. The average molecular weight is 430 g/mol. The van der Waals surface area contributed by atoms with Gasteiger partial charge in [-0.15, -0.1) is 0 Å². The molecule has 4 rings (SSSR count). The van der Waals surface area contributed by atoms with Crippen LogP contribution in [0.25, 0.3) is 11.1 Å². The SMILES string of the molecule is CC(C)(O)CN1CCC(C2Cc3cc(-c4ccc(S(C)(=O)=O)cc4)ccc3O2)CC1. The van der Waals surface area contributed by atoms with Crippen molar-refractivity contribution in [2.45, 2.75) is 49.7 Å². The molecule has 0 aromatic heterocycles. The third kappa shape index (κ3) is 4.88. The van der Waals surface area contributed by atoms with Crippen molar-refractivity contribution in [3.63, 3.8) is 0 Å². The third-order valence-electron chi connectivity index (χ3n) is 6.14. The molecule has 1 fully saturated rings. The van der Waals surface area contributed by atoms with E-state index in [0.717, 1.165) is 49.2 Å². The predicted octanol–water partition coefficient (Wildman–Crippen LogP) is 3.54. The van der Waals surface area contributed by atoms with Crippen molar-refractivity contribution in [3.05, 3.63) is 48.0 Å². The molecule has 2 heterocycles. The van der Waals surface area contributed by atoms with Gasteiger partial charge in [-0.3, -0.25) is 0 Å². The van der Waals surface area contributed by atoms with Gasteiger partial charge in [0.25, 0.3) is 0 Å². The van der Waals surface area contributed by atoms with Gasteiger partial charge in [0.15, 0.2) is 9.84 Å². The van der Waals surface area contributed by atoms with Crippen LogP contribution >= 0.6 is 0 Å². The van der Waals surface area contributed by atoms with Crippen molar-refractivity contribution < 1.29 is 18.3 Å². The minimum Gasteiger partial charge on any atom is -0.490 e. The summed E-state index contributed by atoms with van der Waals surface area (Å²) in [6, 6.07) is 13.3. The highest BCUT2D eigenvalue weighted by atomic mass is 32.2. The van der Waals surface area contributed by atoms with Crippen molar-refractivity contribution >= 4 is 9.84 Å². The third-order valence-corrected chi connectivity index (χ3v) is 7.27. The van der Waals surface area contributed by atoms with Crippen molar-refractivity contribution in [1.82, 2.24) is 4.90 Å². The van der Waals surface area contributed by atoms with Crippen LogP contribution < -0.4 is 4.74 Å². The van der Waals surface area contributed by atoms with E-state index in [1.54, 1.807) is 12.1 Å². The summed E-state index contributed by atoms with van der Waals surface area (Å²) in [7, 11) is -3.18. The lowest BCUT2D eigenvalue weighted by Crippen LogP contribution is -2.45. The first-order chi connectivity index (χ1) is 14.1. The maximum atomic E-state index is 11.7. The van der Waals surface area contributed by atoms with Gasteiger partial charge < -0.3 is 14.7 Å². The molecule has 1 saturated heterocycles. The Balaban J connectivity index is 1.41. The van der Waals surface area contributed by atoms with Gasteiger partial charge in [-0.05, 0) is 86.7 Å². The normalized spacial score (nSPS) is 20.7. The summed E-state index contributed by atoms with van der Waals surface area (Å²) < 4.78 is 29.6. The van der Waals surface area contributed by atoms with E-state index >= 15 is 0 Å². The van der Waals surface area contributed by atoms with Crippen molar-refractivity contribution in [2.75, 3.05) is 25.9 Å². The molecule has 0 spiro atoms. The number of nitrogens with zero attached hydrogens (tertiary/aromatic N) is 1. The van der Waals surface area contributed by atoms with Crippen molar-refractivity contribution in [2.24, 2.45) is 5.92 Å². The zero-order chi connectivity index (χ0) is 21.5. The minimum atomic E-state index is -3.18.